The molecule has 2 aromatic heterocycles. The zero-order valence-electron chi connectivity index (χ0n) is 16.4. The molecule has 2 aliphatic rings. The molecule has 2 N–H and O–H groups in total. The smallest absolute Gasteiger partial charge is 0.220 e. The van der Waals surface area contributed by atoms with E-state index in [0.717, 1.165) is 31.5 Å². The first-order valence-corrected chi connectivity index (χ1v) is 10.1. The fourth-order valence-corrected chi connectivity index (χ4v) is 4.63. The van der Waals surface area contributed by atoms with Gasteiger partial charge in [0.25, 0.3) is 0 Å². The second-order valence-electron chi connectivity index (χ2n) is 7.42. The van der Waals surface area contributed by atoms with Crippen molar-refractivity contribution in [3.8, 4) is 22.8 Å². The van der Waals surface area contributed by atoms with E-state index in [9.17, 15) is 0 Å². The maximum absolute atomic E-state index is 6.62. The van der Waals surface area contributed by atoms with Crippen LogP contribution < -0.4 is 20.1 Å². The highest BCUT2D eigenvalue weighted by atomic mass is 35.5. The Labute approximate surface area is 182 Å². The van der Waals surface area contributed by atoms with Crippen LogP contribution in [0.3, 0.4) is 0 Å². The predicted molar refractivity (Wildman–Crippen MR) is 116 cm³/mol. The number of nitrogens with two attached hydrogens (primary N) is 1. The van der Waals surface area contributed by atoms with Crippen molar-refractivity contribution in [1.82, 2.24) is 15.0 Å². The molecule has 1 aromatic carbocycles. The van der Waals surface area contributed by atoms with Crippen LogP contribution in [0.2, 0.25) is 10.0 Å². The Morgan fingerprint density at radius 3 is 2.33 bits per heavy atom. The van der Waals surface area contributed by atoms with Crippen molar-refractivity contribution in [3.63, 3.8) is 0 Å². The lowest BCUT2D eigenvalue weighted by Gasteiger charge is -2.55. The maximum atomic E-state index is 6.62. The number of benzene rings is 1. The first-order chi connectivity index (χ1) is 14.4. The summed E-state index contributed by atoms with van der Waals surface area (Å²) in [5, 5.41) is 1.47. The van der Waals surface area contributed by atoms with Crippen molar-refractivity contribution in [3.05, 3.63) is 28.4 Å². The van der Waals surface area contributed by atoms with E-state index in [0.29, 0.717) is 44.1 Å². The second-order valence-corrected chi connectivity index (χ2v) is 8.17. The lowest BCUT2D eigenvalue weighted by Crippen LogP contribution is -2.68. The molecule has 156 valence electrons. The quantitative estimate of drug-likeness (QED) is 0.647. The average Bonchev–Trinajstić information content (AvgIpc) is 2.66. The van der Waals surface area contributed by atoms with Gasteiger partial charge in [-0.1, -0.05) is 23.2 Å². The summed E-state index contributed by atoms with van der Waals surface area (Å²) in [4.78, 5) is 15.6. The van der Waals surface area contributed by atoms with Gasteiger partial charge in [-0.25, -0.2) is 15.0 Å². The van der Waals surface area contributed by atoms with Crippen molar-refractivity contribution in [2.45, 2.75) is 12.0 Å². The molecule has 5 rings (SSSR count). The number of aromatic nitrogens is 3. The fourth-order valence-electron chi connectivity index (χ4n) is 3.93. The van der Waals surface area contributed by atoms with E-state index in [2.05, 4.69) is 14.9 Å². The predicted octanol–water partition coefficient (Wildman–Crippen LogP) is 3.58. The Morgan fingerprint density at radius 2 is 1.77 bits per heavy atom. The maximum Gasteiger partial charge on any atom is 0.220 e. The number of halogens is 2. The van der Waals surface area contributed by atoms with Crippen molar-refractivity contribution >= 4 is 45.9 Å². The minimum atomic E-state index is -0.0724. The molecule has 8 nitrogen and oxygen atoms in total. The molecule has 30 heavy (non-hydrogen) atoms. The summed E-state index contributed by atoms with van der Waals surface area (Å²) < 4.78 is 16.6. The van der Waals surface area contributed by atoms with Crippen LogP contribution in [0.4, 0.5) is 11.8 Å². The zero-order chi connectivity index (χ0) is 21.0. The molecule has 0 radical (unpaired) electrons. The summed E-state index contributed by atoms with van der Waals surface area (Å²) in [6, 6.07) is 3.48. The molecule has 2 aliphatic heterocycles. The first kappa shape index (κ1) is 19.4. The highest BCUT2D eigenvalue weighted by molar-refractivity contribution is 6.41. The Morgan fingerprint density at radius 1 is 1.10 bits per heavy atom. The Balaban J connectivity index is 1.70. The molecule has 4 heterocycles. The van der Waals surface area contributed by atoms with E-state index in [1.54, 1.807) is 12.3 Å². The number of nitrogens with zero attached hydrogens (tertiary/aromatic N) is 4. The van der Waals surface area contributed by atoms with Crippen LogP contribution in [0, 0.1) is 0 Å². The summed E-state index contributed by atoms with van der Waals surface area (Å²) in [6.45, 7) is 2.28. The van der Waals surface area contributed by atoms with Gasteiger partial charge >= 0.3 is 0 Å². The van der Waals surface area contributed by atoms with Crippen LogP contribution in [-0.4, -0.2) is 54.5 Å². The van der Waals surface area contributed by atoms with Gasteiger partial charge in [0.2, 0.25) is 5.95 Å². The van der Waals surface area contributed by atoms with E-state index < -0.39 is 0 Å². The highest BCUT2D eigenvalue weighted by Crippen LogP contribution is 2.47. The molecule has 10 heteroatoms. The molecule has 2 saturated heterocycles. The standard InChI is InChI=1S/C20H19Cl2N5O3/c1-28-12-6-13(29-2)16(22)14(15(12)21)11-5-10-7-24-19(23)26-17(10)18(25-11)27-8-20(9-27)3-4-30-20/h5-7H,3-4,8-9H2,1-2H3,(H2,23,24,26). The van der Waals surface area contributed by atoms with E-state index in [4.69, 9.17) is 48.1 Å². The highest BCUT2D eigenvalue weighted by Gasteiger charge is 2.50. The Hall–Kier alpha value is -2.55. The van der Waals surface area contributed by atoms with Gasteiger partial charge in [-0.15, -0.1) is 0 Å². The van der Waals surface area contributed by atoms with Crippen LogP contribution in [-0.2, 0) is 4.74 Å². The van der Waals surface area contributed by atoms with Gasteiger partial charge in [-0.05, 0) is 6.07 Å². The van der Waals surface area contributed by atoms with Crippen molar-refractivity contribution in [1.29, 1.82) is 0 Å². The second kappa shape index (κ2) is 7.01. The van der Waals surface area contributed by atoms with Crippen LogP contribution in [0.15, 0.2) is 18.3 Å². The zero-order valence-corrected chi connectivity index (χ0v) is 17.9. The first-order valence-electron chi connectivity index (χ1n) is 9.37. The van der Waals surface area contributed by atoms with Crippen LogP contribution in [0.5, 0.6) is 11.5 Å². The summed E-state index contributed by atoms with van der Waals surface area (Å²) in [5.41, 5.74) is 7.53. The molecule has 0 unspecified atom stereocenters. The molecular weight excluding hydrogens is 429 g/mol. The van der Waals surface area contributed by atoms with E-state index in [1.165, 1.54) is 14.2 Å². The summed E-state index contributed by atoms with van der Waals surface area (Å²) in [6.07, 6.45) is 2.71. The number of pyridine rings is 1. The number of anilines is 2. The summed E-state index contributed by atoms with van der Waals surface area (Å²) >= 11 is 13.2. The Kier molecular flexibility index (Phi) is 4.53. The van der Waals surface area contributed by atoms with E-state index >= 15 is 0 Å². The molecule has 0 amide bonds. The third-order valence-electron chi connectivity index (χ3n) is 5.62. The van der Waals surface area contributed by atoms with Crippen LogP contribution in [0.1, 0.15) is 6.42 Å². The minimum Gasteiger partial charge on any atom is -0.495 e. The van der Waals surface area contributed by atoms with Crippen molar-refractivity contribution in [2.24, 2.45) is 0 Å². The molecule has 1 spiro atoms. The molecule has 2 fully saturated rings. The molecule has 0 saturated carbocycles. The van der Waals surface area contributed by atoms with Gasteiger partial charge in [-0.3, -0.25) is 0 Å². The van der Waals surface area contributed by atoms with Gasteiger partial charge in [0.1, 0.15) is 22.6 Å². The fraction of sp³-hybridized carbons (Fsp3) is 0.350. The largest absolute Gasteiger partial charge is 0.495 e. The molecule has 0 aliphatic carbocycles. The lowest BCUT2D eigenvalue weighted by molar-refractivity contribution is -0.161. The van der Waals surface area contributed by atoms with Crippen molar-refractivity contribution in [2.75, 3.05) is 44.5 Å². The van der Waals surface area contributed by atoms with E-state index in [1.807, 2.05) is 6.07 Å². The number of hydrogen-bond acceptors (Lipinski definition) is 8. The molecular formula is C20H19Cl2N5O3. The third kappa shape index (κ3) is 2.90. The Bertz CT molecular complexity index is 1130. The number of ether oxygens (including phenoxy) is 3. The van der Waals surface area contributed by atoms with Crippen molar-refractivity contribution < 1.29 is 14.2 Å². The summed E-state index contributed by atoms with van der Waals surface area (Å²) in [5.74, 6) is 1.76. The number of rotatable bonds is 4. The molecule has 0 bridgehead atoms. The monoisotopic (exact) mass is 447 g/mol. The average molecular weight is 448 g/mol. The topological polar surface area (TPSA) is 95.6 Å². The summed E-state index contributed by atoms with van der Waals surface area (Å²) in [7, 11) is 3.07. The minimum absolute atomic E-state index is 0.0724. The van der Waals surface area contributed by atoms with E-state index in [-0.39, 0.29) is 11.5 Å². The molecule has 0 atom stereocenters. The van der Waals surface area contributed by atoms with Gasteiger partial charge in [0, 0.05) is 29.6 Å². The van der Waals surface area contributed by atoms with Crippen LogP contribution >= 0.6 is 23.2 Å². The molecule has 3 aromatic rings. The number of fused-ring (bicyclic) bond motifs is 1. The van der Waals surface area contributed by atoms with Gasteiger partial charge in [0.05, 0.1) is 49.7 Å². The normalized spacial score (nSPS) is 17.0. The number of hydrogen-bond donors (Lipinski definition) is 1. The number of nitrogen functional groups attached to an aromatic ring is 1. The lowest BCUT2D eigenvalue weighted by atomic mass is 9.86. The van der Waals surface area contributed by atoms with Crippen LogP contribution in [0.25, 0.3) is 22.2 Å². The van der Waals surface area contributed by atoms with Gasteiger partial charge in [0.15, 0.2) is 5.82 Å². The van der Waals surface area contributed by atoms with Gasteiger partial charge < -0.3 is 24.8 Å². The third-order valence-corrected chi connectivity index (χ3v) is 6.37. The SMILES string of the molecule is COc1cc(OC)c(Cl)c(-c2cc3cnc(N)nc3c(N3CC4(CCO4)C3)n2)c1Cl. The number of methoxy groups -OCH3 is 2. The van der Waals surface area contributed by atoms with Gasteiger partial charge in [-0.2, -0.15) is 0 Å².